The second-order valence-electron chi connectivity index (χ2n) is 5.98. The summed E-state index contributed by atoms with van der Waals surface area (Å²) in [6, 6.07) is 3.38. The SMILES string of the molecule is CN(C)c1c(F)c(Cl)c(-c2ccc3nc(NCOF)cn3n2)c2cn[nH]c12. The Morgan fingerprint density at radius 2 is 2.19 bits per heavy atom. The van der Waals surface area contributed by atoms with Crippen molar-refractivity contribution in [1.29, 1.82) is 0 Å². The first-order chi connectivity index (χ1) is 13.0. The highest BCUT2D eigenvalue weighted by atomic mass is 35.5. The van der Waals surface area contributed by atoms with E-state index in [-0.39, 0.29) is 11.8 Å². The van der Waals surface area contributed by atoms with Crippen LogP contribution in [0.5, 0.6) is 0 Å². The predicted molar refractivity (Wildman–Crippen MR) is 98.1 cm³/mol. The van der Waals surface area contributed by atoms with Crippen LogP contribution in [-0.2, 0) is 4.94 Å². The number of anilines is 2. The average Bonchev–Trinajstić information content (AvgIpc) is 3.26. The molecule has 0 fully saturated rings. The van der Waals surface area contributed by atoms with Crippen molar-refractivity contribution in [2.45, 2.75) is 0 Å². The lowest BCUT2D eigenvalue weighted by atomic mass is 10.0. The first-order valence-corrected chi connectivity index (χ1v) is 8.24. The van der Waals surface area contributed by atoms with Gasteiger partial charge in [0.15, 0.2) is 18.2 Å². The van der Waals surface area contributed by atoms with Gasteiger partial charge in [-0.2, -0.15) is 15.1 Å². The van der Waals surface area contributed by atoms with Crippen molar-refractivity contribution in [2.75, 3.05) is 31.0 Å². The minimum absolute atomic E-state index is 0.0521. The number of halogens is 3. The molecule has 0 saturated carbocycles. The van der Waals surface area contributed by atoms with Gasteiger partial charge in [0.1, 0.15) is 11.5 Å². The summed E-state index contributed by atoms with van der Waals surface area (Å²) in [7, 11) is 3.44. The second kappa shape index (κ2) is 6.63. The molecule has 27 heavy (non-hydrogen) atoms. The minimum Gasteiger partial charge on any atom is -0.373 e. The number of benzene rings is 1. The van der Waals surface area contributed by atoms with Crippen LogP contribution >= 0.6 is 11.6 Å². The van der Waals surface area contributed by atoms with Crippen LogP contribution in [0.25, 0.3) is 27.8 Å². The third-order valence-electron chi connectivity index (χ3n) is 4.10. The molecule has 3 aromatic heterocycles. The zero-order valence-corrected chi connectivity index (χ0v) is 15.1. The van der Waals surface area contributed by atoms with Gasteiger partial charge in [0.2, 0.25) is 0 Å². The third kappa shape index (κ3) is 2.82. The lowest BCUT2D eigenvalue weighted by Crippen LogP contribution is -2.12. The number of aromatic nitrogens is 5. The maximum atomic E-state index is 14.9. The lowest BCUT2D eigenvalue weighted by Gasteiger charge is -2.17. The third-order valence-corrected chi connectivity index (χ3v) is 4.45. The van der Waals surface area contributed by atoms with Crippen molar-refractivity contribution in [3.05, 3.63) is 35.4 Å². The van der Waals surface area contributed by atoms with Gasteiger partial charge in [-0.1, -0.05) is 11.6 Å². The Bertz CT molecular complexity index is 1140. The van der Waals surface area contributed by atoms with Crippen LogP contribution in [0.2, 0.25) is 5.02 Å². The van der Waals surface area contributed by atoms with E-state index >= 15 is 0 Å². The van der Waals surface area contributed by atoms with Crippen LogP contribution < -0.4 is 10.2 Å². The molecule has 0 spiro atoms. The van der Waals surface area contributed by atoms with E-state index in [2.05, 4.69) is 30.5 Å². The van der Waals surface area contributed by atoms with Gasteiger partial charge in [-0.25, -0.2) is 13.9 Å². The topological polar surface area (TPSA) is 83.4 Å². The second-order valence-corrected chi connectivity index (χ2v) is 6.36. The van der Waals surface area contributed by atoms with Gasteiger partial charge in [0.25, 0.3) is 0 Å². The van der Waals surface area contributed by atoms with E-state index in [1.54, 1.807) is 43.5 Å². The molecule has 11 heteroatoms. The molecule has 0 aliphatic heterocycles. The fraction of sp³-hybridized carbons (Fsp3) is 0.188. The van der Waals surface area contributed by atoms with Crippen molar-refractivity contribution in [1.82, 2.24) is 24.8 Å². The smallest absolute Gasteiger partial charge is 0.167 e. The number of hydrogen-bond acceptors (Lipinski definition) is 6. The number of hydrogen-bond donors (Lipinski definition) is 2. The molecule has 0 atom stereocenters. The summed E-state index contributed by atoms with van der Waals surface area (Å²) in [6.07, 6.45) is 3.14. The van der Waals surface area contributed by atoms with E-state index in [4.69, 9.17) is 11.6 Å². The van der Waals surface area contributed by atoms with Crippen molar-refractivity contribution in [2.24, 2.45) is 0 Å². The van der Waals surface area contributed by atoms with Gasteiger partial charge in [0.05, 0.1) is 28.6 Å². The largest absolute Gasteiger partial charge is 0.373 e. The molecule has 0 saturated heterocycles. The molecular formula is C16H14ClF2N7O. The molecule has 1 aromatic carbocycles. The zero-order chi connectivity index (χ0) is 19.1. The van der Waals surface area contributed by atoms with Gasteiger partial charge >= 0.3 is 0 Å². The summed E-state index contributed by atoms with van der Waals surface area (Å²) in [5.74, 6) is -0.186. The van der Waals surface area contributed by atoms with Crippen LogP contribution in [0.4, 0.5) is 20.4 Å². The maximum absolute atomic E-state index is 14.9. The fourth-order valence-corrected chi connectivity index (χ4v) is 3.26. The summed E-state index contributed by atoms with van der Waals surface area (Å²) >= 11 is 6.36. The van der Waals surface area contributed by atoms with Gasteiger partial charge in [-0.05, 0) is 16.7 Å². The van der Waals surface area contributed by atoms with Crippen LogP contribution in [0.3, 0.4) is 0 Å². The molecule has 4 aromatic rings. The molecule has 0 aliphatic carbocycles. The van der Waals surface area contributed by atoms with Crippen LogP contribution in [0.1, 0.15) is 0 Å². The first kappa shape index (κ1) is 17.4. The molecular weight excluding hydrogens is 380 g/mol. The molecule has 0 aliphatic rings. The fourth-order valence-electron chi connectivity index (χ4n) is 2.97. The maximum Gasteiger partial charge on any atom is 0.167 e. The average molecular weight is 394 g/mol. The Morgan fingerprint density at radius 3 is 2.93 bits per heavy atom. The molecule has 0 radical (unpaired) electrons. The van der Waals surface area contributed by atoms with E-state index in [9.17, 15) is 8.92 Å². The molecule has 140 valence electrons. The Balaban J connectivity index is 1.90. The molecule has 0 amide bonds. The normalized spacial score (nSPS) is 11.4. The van der Waals surface area contributed by atoms with Gasteiger partial charge in [0, 0.05) is 25.0 Å². The quantitative estimate of drug-likeness (QED) is 0.506. The monoisotopic (exact) mass is 393 g/mol. The zero-order valence-electron chi connectivity index (χ0n) is 14.3. The predicted octanol–water partition coefficient (Wildman–Crippen LogP) is 3.40. The number of fused-ring (bicyclic) bond motifs is 2. The molecule has 3 heterocycles. The van der Waals surface area contributed by atoms with E-state index in [0.29, 0.717) is 39.3 Å². The first-order valence-electron chi connectivity index (χ1n) is 7.86. The number of imidazole rings is 1. The van der Waals surface area contributed by atoms with Crippen molar-refractivity contribution in [3.8, 4) is 11.3 Å². The highest BCUT2D eigenvalue weighted by Gasteiger charge is 2.23. The number of nitrogens with one attached hydrogen (secondary N) is 2. The highest BCUT2D eigenvalue weighted by molar-refractivity contribution is 6.35. The highest BCUT2D eigenvalue weighted by Crippen LogP contribution is 2.41. The van der Waals surface area contributed by atoms with Gasteiger partial charge in [-0.3, -0.25) is 5.10 Å². The number of aromatic amines is 1. The summed E-state index contributed by atoms with van der Waals surface area (Å²) < 4.78 is 28.3. The lowest BCUT2D eigenvalue weighted by molar-refractivity contribution is -0.123. The van der Waals surface area contributed by atoms with Crippen molar-refractivity contribution < 1.29 is 13.9 Å². The standard InChI is InChI=1S/C16H14ClF2N7O/c1-25(2)16-14(18)13(17)12(8-5-21-23-15(8)16)9-3-4-11-22-10(20-7-27-19)6-26(11)24-9/h3-6,20H,7H2,1-2H3,(H,21,23). The van der Waals surface area contributed by atoms with Gasteiger partial charge < -0.3 is 10.2 Å². The molecule has 2 N–H and O–H groups in total. The number of rotatable bonds is 5. The van der Waals surface area contributed by atoms with Crippen LogP contribution in [0.15, 0.2) is 24.5 Å². The van der Waals surface area contributed by atoms with Crippen LogP contribution in [-0.4, -0.2) is 45.6 Å². The molecule has 0 bridgehead atoms. The van der Waals surface area contributed by atoms with E-state index in [0.717, 1.165) is 0 Å². The van der Waals surface area contributed by atoms with E-state index in [1.807, 2.05) is 0 Å². The summed E-state index contributed by atoms with van der Waals surface area (Å²) in [5, 5.41) is 14.5. The Kier molecular flexibility index (Phi) is 4.28. The Hall–Kier alpha value is -2.98. The summed E-state index contributed by atoms with van der Waals surface area (Å²) in [5.41, 5.74) is 2.21. The van der Waals surface area contributed by atoms with E-state index < -0.39 is 5.82 Å². The number of nitrogens with zero attached hydrogens (tertiary/aromatic N) is 5. The molecule has 0 unspecified atom stereocenters. The Labute approximate surface area is 156 Å². The van der Waals surface area contributed by atoms with Crippen molar-refractivity contribution in [3.63, 3.8) is 0 Å². The summed E-state index contributed by atoms with van der Waals surface area (Å²) in [4.78, 5) is 9.33. The van der Waals surface area contributed by atoms with Gasteiger partial charge in [-0.15, -0.1) is 0 Å². The number of H-pyrrole nitrogens is 1. The molecule has 4 rings (SSSR count). The Morgan fingerprint density at radius 1 is 1.37 bits per heavy atom. The van der Waals surface area contributed by atoms with E-state index in [1.165, 1.54) is 4.52 Å². The molecule has 8 nitrogen and oxygen atoms in total. The van der Waals surface area contributed by atoms with Crippen molar-refractivity contribution >= 4 is 39.7 Å². The van der Waals surface area contributed by atoms with Crippen LogP contribution in [0, 0.1) is 5.82 Å². The minimum atomic E-state index is -0.566. The summed E-state index contributed by atoms with van der Waals surface area (Å²) in [6.45, 7) is -0.338.